The van der Waals surface area contributed by atoms with Crippen LogP contribution in [0.3, 0.4) is 0 Å². The normalized spacial score (nSPS) is 12.4. The molecular weight excluding hydrogens is 853 g/mol. The minimum Gasteiger partial charge on any atom is -0.462 e. The maximum absolute atomic E-state index is 12.9. The van der Waals surface area contributed by atoms with Crippen molar-refractivity contribution in [1.82, 2.24) is 0 Å². The van der Waals surface area contributed by atoms with Crippen LogP contribution in [0.25, 0.3) is 0 Å². The number of hydrogen-bond donors (Lipinski definition) is 0. The maximum Gasteiger partial charge on any atom is 0.306 e. The highest BCUT2D eigenvalue weighted by Gasteiger charge is 2.19. The van der Waals surface area contributed by atoms with Crippen molar-refractivity contribution in [3.8, 4) is 0 Å². The Kier molecular flexibility index (Phi) is 55.3. The molecule has 0 fully saturated rings. The Morgan fingerprint density at radius 3 is 0.913 bits per heavy atom. The molecule has 1 atom stereocenters. The van der Waals surface area contributed by atoms with Crippen LogP contribution >= 0.6 is 0 Å². The van der Waals surface area contributed by atoms with Crippen molar-refractivity contribution in [3.63, 3.8) is 0 Å². The van der Waals surface area contributed by atoms with E-state index in [1.54, 1.807) is 0 Å². The molecular formula is C63H112O6. The molecule has 0 spiro atoms. The van der Waals surface area contributed by atoms with Crippen molar-refractivity contribution in [3.05, 3.63) is 60.8 Å². The standard InChI is InChI=1S/C63H112O6/c1-4-7-10-13-16-19-22-25-27-29-30-31-32-34-35-38-41-44-47-50-53-56-62(65)68-59-60(58-67-61(64)55-52-49-46-43-40-37-24-21-18-15-12-9-6-3)69-63(66)57-54-51-48-45-42-39-36-33-28-26-23-20-17-14-11-8-5-2/h7,10,16,19,21,24-25,27,30-31,60H,4-6,8-9,11-15,17-18,20,22-23,26,28-29,32-59H2,1-3H3/b10-7-,19-16-,24-21-,27-25-,31-30-. The number of unbranched alkanes of at least 4 members (excludes halogenated alkanes) is 33. The van der Waals surface area contributed by atoms with Crippen molar-refractivity contribution in [2.75, 3.05) is 13.2 Å². The van der Waals surface area contributed by atoms with Crippen molar-refractivity contribution < 1.29 is 28.6 Å². The quantitative estimate of drug-likeness (QED) is 0.0262. The lowest BCUT2D eigenvalue weighted by atomic mass is 10.0. The number of allylic oxidation sites excluding steroid dienone is 10. The fraction of sp³-hybridized carbons (Fsp3) is 0.794. The van der Waals surface area contributed by atoms with Gasteiger partial charge in [0.1, 0.15) is 13.2 Å². The molecule has 0 aliphatic heterocycles. The van der Waals surface area contributed by atoms with Crippen LogP contribution in [0.2, 0.25) is 0 Å². The van der Waals surface area contributed by atoms with Crippen LogP contribution in [0, 0.1) is 0 Å². The average Bonchev–Trinajstić information content (AvgIpc) is 3.35. The molecule has 0 aliphatic rings. The molecule has 0 aromatic carbocycles. The summed E-state index contributed by atoms with van der Waals surface area (Å²) in [6, 6.07) is 0. The molecule has 0 N–H and O–H groups in total. The van der Waals surface area contributed by atoms with E-state index in [-0.39, 0.29) is 31.1 Å². The zero-order valence-corrected chi connectivity index (χ0v) is 45.8. The Labute approximate surface area is 428 Å². The summed E-state index contributed by atoms with van der Waals surface area (Å²) in [4.78, 5) is 38.2. The summed E-state index contributed by atoms with van der Waals surface area (Å²) >= 11 is 0. The van der Waals surface area contributed by atoms with E-state index in [1.807, 2.05) is 0 Å². The van der Waals surface area contributed by atoms with Crippen LogP contribution in [0.1, 0.15) is 303 Å². The van der Waals surface area contributed by atoms with Crippen LogP contribution in [0.4, 0.5) is 0 Å². The Morgan fingerprint density at radius 1 is 0.304 bits per heavy atom. The molecule has 0 rings (SSSR count). The molecule has 0 aliphatic carbocycles. The van der Waals surface area contributed by atoms with Gasteiger partial charge in [-0.25, -0.2) is 0 Å². The lowest BCUT2D eigenvalue weighted by molar-refractivity contribution is -0.167. The van der Waals surface area contributed by atoms with Crippen molar-refractivity contribution in [1.29, 1.82) is 0 Å². The zero-order valence-electron chi connectivity index (χ0n) is 45.8. The van der Waals surface area contributed by atoms with Crippen LogP contribution < -0.4 is 0 Å². The molecule has 400 valence electrons. The topological polar surface area (TPSA) is 78.9 Å². The van der Waals surface area contributed by atoms with E-state index < -0.39 is 6.10 Å². The molecule has 0 radical (unpaired) electrons. The summed E-state index contributed by atoms with van der Waals surface area (Å²) in [6.07, 6.45) is 72.1. The Hall–Kier alpha value is -2.89. The van der Waals surface area contributed by atoms with E-state index in [2.05, 4.69) is 81.5 Å². The van der Waals surface area contributed by atoms with E-state index in [0.29, 0.717) is 19.3 Å². The first-order valence-corrected chi connectivity index (χ1v) is 29.8. The number of carbonyl (C=O) groups is 3. The predicted molar refractivity (Wildman–Crippen MR) is 298 cm³/mol. The van der Waals surface area contributed by atoms with Gasteiger partial charge in [0.05, 0.1) is 0 Å². The molecule has 0 heterocycles. The third kappa shape index (κ3) is 55.9. The fourth-order valence-corrected chi connectivity index (χ4v) is 8.55. The van der Waals surface area contributed by atoms with Gasteiger partial charge in [0.25, 0.3) is 0 Å². The Balaban J connectivity index is 4.34. The summed E-state index contributed by atoms with van der Waals surface area (Å²) in [5, 5.41) is 0. The molecule has 0 aromatic rings. The summed E-state index contributed by atoms with van der Waals surface area (Å²) in [6.45, 7) is 6.53. The van der Waals surface area contributed by atoms with Gasteiger partial charge in [-0.05, 0) is 83.5 Å². The van der Waals surface area contributed by atoms with Gasteiger partial charge in [-0.2, -0.15) is 0 Å². The van der Waals surface area contributed by atoms with Crippen molar-refractivity contribution >= 4 is 17.9 Å². The first-order chi connectivity index (χ1) is 34.0. The van der Waals surface area contributed by atoms with Gasteiger partial charge in [0, 0.05) is 19.3 Å². The fourth-order valence-electron chi connectivity index (χ4n) is 8.55. The third-order valence-electron chi connectivity index (χ3n) is 13.0. The molecule has 0 amide bonds. The number of hydrogen-bond acceptors (Lipinski definition) is 6. The molecule has 6 nitrogen and oxygen atoms in total. The molecule has 0 aromatic heterocycles. The van der Waals surface area contributed by atoms with Gasteiger partial charge < -0.3 is 14.2 Å². The van der Waals surface area contributed by atoms with Crippen LogP contribution in [-0.4, -0.2) is 37.2 Å². The number of carbonyl (C=O) groups excluding carboxylic acids is 3. The SMILES string of the molecule is CC/C=C\C/C=C\C/C=C\C/C=C\CCCCCCCCCCC(=O)OCC(COC(=O)CCCCCCC/C=C\CCCCCC)OC(=O)CCCCCCCCCCCCCCCCCCC. The third-order valence-corrected chi connectivity index (χ3v) is 13.0. The lowest BCUT2D eigenvalue weighted by Gasteiger charge is -2.18. The highest BCUT2D eigenvalue weighted by atomic mass is 16.6. The number of rotatable bonds is 54. The van der Waals surface area contributed by atoms with Gasteiger partial charge in [-0.15, -0.1) is 0 Å². The molecule has 0 saturated carbocycles. The van der Waals surface area contributed by atoms with E-state index in [1.165, 1.54) is 167 Å². The predicted octanol–water partition coefficient (Wildman–Crippen LogP) is 20.0. The van der Waals surface area contributed by atoms with Gasteiger partial charge in [0.2, 0.25) is 0 Å². The van der Waals surface area contributed by atoms with E-state index in [9.17, 15) is 14.4 Å². The number of ether oxygens (including phenoxy) is 3. The van der Waals surface area contributed by atoms with Gasteiger partial charge in [-0.1, -0.05) is 261 Å². The van der Waals surface area contributed by atoms with E-state index in [0.717, 1.165) is 96.3 Å². The van der Waals surface area contributed by atoms with Crippen molar-refractivity contribution in [2.24, 2.45) is 0 Å². The molecule has 69 heavy (non-hydrogen) atoms. The molecule has 1 unspecified atom stereocenters. The van der Waals surface area contributed by atoms with Gasteiger partial charge in [0.15, 0.2) is 6.10 Å². The molecule has 0 saturated heterocycles. The Bertz CT molecular complexity index is 1250. The second-order valence-corrected chi connectivity index (χ2v) is 19.9. The largest absolute Gasteiger partial charge is 0.462 e. The smallest absolute Gasteiger partial charge is 0.306 e. The summed E-state index contributed by atoms with van der Waals surface area (Å²) < 4.78 is 16.9. The number of esters is 3. The summed E-state index contributed by atoms with van der Waals surface area (Å²) in [5.41, 5.74) is 0. The van der Waals surface area contributed by atoms with Gasteiger partial charge in [-0.3, -0.25) is 14.4 Å². The second-order valence-electron chi connectivity index (χ2n) is 19.9. The average molecular weight is 966 g/mol. The first kappa shape index (κ1) is 66.1. The first-order valence-electron chi connectivity index (χ1n) is 29.8. The van der Waals surface area contributed by atoms with Crippen molar-refractivity contribution in [2.45, 2.75) is 309 Å². The zero-order chi connectivity index (χ0) is 50.0. The second kappa shape index (κ2) is 57.7. The lowest BCUT2D eigenvalue weighted by Crippen LogP contribution is -2.30. The maximum atomic E-state index is 12.9. The molecule has 0 bridgehead atoms. The highest BCUT2D eigenvalue weighted by Crippen LogP contribution is 2.16. The minimum absolute atomic E-state index is 0.0783. The van der Waals surface area contributed by atoms with Gasteiger partial charge >= 0.3 is 17.9 Å². The van der Waals surface area contributed by atoms with Crippen LogP contribution in [-0.2, 0) is 28.6 Å². The van der Waals surface area contributed by atoms with Crippen LogP contribution in [0.15, 0.2) is 60.8 Å². The monoisotopic (exact) mass is 965 g/mol. The molecule has 6 heteroatoms. The van der Waals surface area contributed by atoms with Crippen LogP contribution in [0.5, 0.6) is 0 Å². The van der Waals surface area contributed by atoms with E-state index in [4.69, 9.17) is 14.2 Å². The highest BCUT2D eigenvalue weighted by molar-refractivity contribution is 5.71. The minimum atomic E-state index is -0.779. The summed E-state index contributed by atoms with van der Waals surface area (Å²) in [7, 11) is 0. The van der Waals surface area contributed by atoms with E-state index >= 15 is 0 Å². The summed E-state index contributed by atoms with van der Waals surface area (Å²) in [5.74, 6) is -0.879. The Morgan fingerprint density at radius 2 is 0.565 bits per heavy atom.